The van der Waals surface area contributed by atoms with Crippen LogP contribution in [0.2, 0.25) is 0 Å². The number of carbonyl (C=O) groups is 1. The zero-order valence-electron chi connectivity index (χ0n) is 42.3. The Balaban J connectivity index is 3.66. The summed E-state index contributed by atoms with van der Waals surface area (Å²) in [5.41, 5.74) is 0. The molecule has 2 atom stereocenters. The lowest BCUT2D eigenvalue weighted by molar-refractivity contribution is -0.123. The lowest BCUT2D eigenvalue weighted by atomic mass is 10.0. The van der Waals surface area contributed by atoms with Gasteiger partial charge in [0.2, 0.25) is 5.91 Å². The monoisotopic (exact) mass is 912 g/mol. The van der Waals surface area contributed by atoms with Crippen molar-refractivity contribution < 1.29 is 28.8 Å². The minimum atomic E-state index is -4.72. The maximum atomic E-state index is 12.7. The highest BCUT2D eigenvalue weighted by Gasteiger charge is 2.24. The molecule has 0 aliphatic carbocycles. The van der Waals surface area contributed by atoms with Gasteiger partial charge < -0.3 is 20.2 Å². The summed E-state index contributed by atoms with van der Waals surface area (Å²) in [6.45, 7) is 4.12. The fourth-order valence-corrected chi connectivity index (χ4v) is 9.35. The number of aliphatic hydroxyl groups excluding tert-OH is 1. The van der Waals surface area contributed by atoms with Gasteiger partial charge in [-0.25, -0.2) is 4.57 Å². The second-order valence-corrected chi connectivity index (χ2v) is 20.9. The minimum absolute atomic E-state index is 0.219. The van der Waals surface area contributed by atoms with E-state index in [-0.39, 0.29) is 5.91 Å². The Bertz CT molecular complexity index is 988. The third-order valence-corrected chi connectivity index (χ3v) is 13.7. The number of unbranched alkanes of at least 4 members (excludes halogenated alkanes) is 44. The number of hydrogen-bond acceptors (Lipinski definition) is 4. The topological polar surface area (TPSA) is 116 Å². The summed E-state index contributed by atoms with van der Waals surface area (Å²) in [6, 6.07) is -0.906. The quantitative estimate of drug-likeness (QED) is 0.0274. The predicted octanol–water partition coefficient (Wildman–Crippen LogP) is 17.9. The van der Waals surface area contributed by atoms with Crippen LogP contribution in [0.1, 0.15) is 316 Å². The van der Waals surface area contributed by atoms with Gasteiger partial charge >= 0.3 is 7.82 Å². The molecule has 0 radical (unpaired) electrons. The van der Waals surface area contributed by atoms with Gasteiger partial charge in [0.25, 0.3) is 0 Å². The largest absolute Gasteiger partial charge is 0.469 e. The van der Waals surface area contributed by atoms with Gasteiger partial charge in [0.1, 0.15) is 0 Å². The van der Waals surface area contributed by atoms with Crippen LogP contribution in [0.25, 0.3) is 0 Å². The fraction of sp³-hybridized carbons (Fsp3) is 0.945. The van der Waals surface area contributed by atoms with E-state index in [0.717, 1.165) is 38.5 Å². The third kappa shape index (κ3) is 52.1. The summed E-state index contributed by atoms with van der Waals surface area (Å²) in [4.78, 5) is 31.1. The van der Waals surface area contributed by atoms with Crippen molar-refractivity contribution in [2.24, 2.45) is 0 Å². The van der Waals surface area contributed by atoms with Crippen LogP contribution >= 0.6 is 7.82 Å². The summed E-state index contributed by atoms with van der Waals surface area (Å²) in [5.74, 6) is -0.219. The van der Waals surface area contributed by atoms with E-state index in [9.17, 15) is 24.3 Å². The van der Waals surface area contributed by atoms with Crippen LogP contribution in [-0.4, -0.2) is 39.6 Å². The lowest BCUT2D eigenvalue weighted by Crippen LogP contribution is -2.45. The van der Waals surface area contributed by atoms with Crippen LogP contribution < -0.4 is 5.32 Å². The van der Waals surface area contributed by atoms with Crippen molar-refractivity contribution in [3.05, 3.63) is 12.2 Å². The Morgan fingerprint density at radius 2 is 0.698 bits per heavy atom. The number of phosphoric ester groups is 1. The first-order valence-corrected chi connectivity index (χ1v) is 29.7. The second kappa shape index (κ2) is 50.7. The van der Waals surface area contributed by atoms with E-state index in [2.05, 4.69) is 23.7 Å². The standard InChI is InChI=1S/C55H110NO6P/c1-3-5-7-9-11-13-15-17-19-20-21-22-23-24-25-26-27-28-29-30-31-32-33-34-35-37-39-41-43-45-47-49-51-55(58)56-53(52-62-63(59,60)61)54(57)50-48-46-44-42-40-38-36-18-16-14-12-10-8-6-4-2/h48,50,53-54,57H,3-47,49,51-52H2,1-2H3,(H,56,58)(H2,59,60,61)/b50-48+/t53-,54+/m0/s1. The molecule has 0 spiro atoms. The predicted molar refractivity (Wildman–Crippen MR) is 273 cm³/mol. The highest BCUT2D eigenvalue weighted by molar-refractivity contribution is 7.46. The van der Waals surface area contributed by atoms with Crippen molar-refractivity contribution in [1.29, 1.82) is 0 Å². The van der Waals surface area contributed by atoms with Gasteiger partial charge in [-0.3, -0.25) is 9.32 Å². The van der Waals surface area contributed by atoms with Crippen molar-refractivity contribution in [1.82, 2.24) is 5.32 Å². The number of hydrogen-bond donors (Lipinski definition) is 4. The van der Waals surface area contributed by atoms with Crippen LogP contribution in [0, 0.1) is 0 Å². The van der Waals surface area contributed by atoms with E-state index in [1.165, 1.54) is 257 Å². The Hall–Kier alpha value is -0.720. The first-order valence-electron chi connectivity index (χ1n) is 28.1. The zero-order chi connectivity index (χ0) is 46.0. The SMILES string of the molecule is CCCCCCCCCCCCCCC/C=C/[C@@H](O)[C@H](COP(=O)(O)O)NC(=O)CCCCCCCCCCCCCCCCCCCCCCCCCCCCCCCCCC. The number of allylic oxidation sites excluding steroid dienone is 1. The molecular weight excluding hydrogens is 802 g/mol. The Morgan fingerprint density at radius 1 is 0.444 bits per heavy atom. The van der Waals surface area contributed by atoms with Gasteiger partial charge in [0, 0.05) is 6.42 Å². The van der Waals surface area contributed by atoms with E-state index in [0.29, 0.717) is 6.42 Å². The van der Waals surface area contributed by atoms with Crippen LogP contribution in [0.15, 0.2) is 12.2 Å². The molecule has 0 saturated carbocycles. The maximum Gasteiger partial charge on any atom is 0.469 e. The van der Waals surface area contributed by atoms with Gasteiger partial charge in [0.15, 0.2) is 0 Å². The normalized spacial score (nSPS) is 13.0. The van der Waals surface area contributed by atoms with Crippen LogP contribution in [0.4, 0.5) is 0 Å². The molecule has 0 fully saturated rings. The molecule has 0 aromatic rings. The first kappa shape index (κ1) is 62.3. The molecule has 7 nitrogen and oxygen atoms in total. The minimum Gasteiger partial charge on any atom is -0.387 e. The molecule has 0 heterocycles. The summed E-state index contributed by atoms with van der Waals surface area (Å²) >= 11 is 0. The number of nitrogens with one attached hydrogen (secondary N) is 1. The number of rotatable bonds is 53. The van der Waals surface area contributed by atoms with E-state index in [4.69, 9.17) is 0 Å². The van der Waals surface area contributed by atoms with E-state index >= 15 is 0 Å². The van der Waals surface area contributed by atoms with Crippen molar-refractivity contribution >= 4 is 13.7 Å². The number of aliphatic hydroxyl groups is 1. The molecular formula is C55H110NO6P. The maximum absolute atomic E-state index is 12.7. The molecule has 376 valence electrons. The molecule has 0 aromatic carbocycles. The van der Waals surface area contributed by atoms with Crippen LogP contribution in [0.5, 0.6) is 0 Å². The van der Waals surface area contributed by atoms with Gasteiger partial charge in [-0.1, -0.05) is 302 Å². The fourth-order valence-electron chi connectivity index (χ4n) is 8.99. The molecule has 0 aliphatic rings. The third-order valence-electron chi connectivity index (χ3n) is 13.2. The van der Waals surface area contributed by atoms with E-state index in [1.807, 2.05) is 6.08 Å². The average molecular weight is 912 g/mol. The number of phosphoric acid groups is 1. The van der Waals surface area contributed by atoms with Gasteiger partial charge in [-0.15, -0.1) is 0 Å². The molecule has 0 aliphatic heterocycles. The van der Waals surface area contributed by atoms with Gasteiger partial charge in [-0.05, 0) is 19.3 Å². The van der Waals surface area contributed by atoms with Crippen molar-refractivity contribution in [2.75, 3.05) is 6.61 Å². The molecule has 8 heteroatoms. The van der Waals surface area contributed by atoms with Gasteiger partial charge in [-0.2, -0.15) is 0 Å². The van der Waals surface area contributed by atoms with E-state index in [1.54, 1.807) is 6.08 Å². The number of amides is 1. The van der Waals surface area contributed by atoms with Crippen LogP contribution in [-0.2, 0) is 13.9 Å². The summed E-state index contributed by atoms with van der Waals surface area (Å²) in [7, 11) is -4.72. The Morgan fingerprint density at radius 3 is 0.968 bits per heavy atom. The zero-order valence-corrected chi connectivity index (χ0v) is 43.2. The molecule has 0 bridgehead atoms. The summed E-state index contributed by atoms with van der Waals surface area (Å²) in [6.07, 6.45) is 64.3. The van der Waals surface area contributed by atoms with Gasteiger partial charge in [0.05, 0.1) is 18.8 Å². The smallest absolute Gasteiger partial charge is 0.387 e. The highest BCUT2D eigenvalue weighted by Crippen LogP contribution is 2.36. The van der Waals surface area contributed by atoms with Crippen molar-refractivity contribution in [3.8, 4) is 0 Å². The molecule has 0 saturated heterocycles. The lowest BCUT2D eigenvalue weighted by Gasteiger charge is -2.22. The molecule has 0 aromatic heterocycles. The molecule has 4 N–H and O–H groups in total. The van der Waals surface area contributed by atoms with Crippen LogP contribution in [0.3, 0.4) is 0 Å². The first-order chi connectivity index (χ1) is 30.8. The van der Waals surface area contributed by atoms with Crippen molar-refractivity contribution in [3.63, 3.8) is 0 Å². The Labute approximate surface area is 393 Å². The highest BCUT2D eigenvalue weighted by atomic mass is 31.2. The second-order valence-electron chi connectivity index (χ2n) is 19.6. The van der Waals surface area contributed by atoms with E-state index < -0.39 is 26.6 Å². The summed E-state index contributed by atoms with van der Waals surface area (Å²) in [5, 5.41) is 13.5. The molecule has 0 unspecified atom stereocenters. The Kier molecular flexibility index (Phi) is 50.1. The molecule has 63 heavy (non-hydrogen) atoms. The number of carbonyl (C=O) groups excluding carboxylic acids is 1. The molecule has 0 rings (SSSR count). The molecule has 1 amide bonds. The summed E-state index contributed by atoms with van der Waals surface area (Å²) < 4.78 is 16.0. The van der Waals surface area contributed by atoms with Crippen molar-refractivity contribution in [2.45, 2.75) is 328 Å². The average Bonchev–Trinajstić information content (AvgIpc) is 3.26.